The predicted octanol–water partition coefficient (Wildman–Crippen LogP) is 3.65. The molecule has 1 aromatic heterocycles. The normalized spacial score (nSPS) is 11.8. The van der Waals surface area contributed by atoms with Gasteiger partial charge in [-0.1, -0.05) is 18.2 Å². The number of allylic oxidation sites excluding steroid dienone is 1. The summed E-state index contributed by atoms with van der Waals surface area (Å²) < 4.78 is 2.18. The molecule has 0 fully saturated rings. The highest BCUT2D eigenvalue weighted by Crippen LogP contribution is 2.18. The monoisotopic (exact) mass is 226 g/mol. The molecule has 2 aromatic rings. The maximum Gasteiger partial charge on any atom is 0.0314 e. The van der Waals surface area contributed by atoms with Crippen molar-refractivity contribution in [1.29, 1.82) is 0 Å². The number of anilines is 1. The van der Waals surface area contributed by atoms with Crippen molar-refractivity contribution in [2.24, 2.45) is 0 Å². The Balaban J connectivity index is 2.24. The molecule has 0 saturated heterocycles. The Morgan fingerprint density at radius 1 is 1.24 bits per heavy atom. The van der Waals surface area contributed by atoms with Gasteiger partial charge in [-0.3, -0.25) is 0 Å². The van der Waals surface area contributed by atoms with E-state index in [9.17, 15) is 0 Å². The van der Waals surface area contributed by atoms with Crippen molar-refractivity contribution < 1.29 is 0 Å². The minimum absolute atomic E-state index is 0.803. The Kier molecular flexibility index (Phi) is 3.33. The Hall–Kier alpha value is -1.96. The molecule has 0 radical (unpaired) electrons. The summed E-state index contributed by atoms with van der Waals surface area (Å²) in [5, 5.41) is 0. The van der Waals surface area contributed by atoms with E-state index in [0.717, 1.165) is 12.2 Å². The highest BCUT2D eigenvalue weighted by Gasteiger charge is 1.98. The summed E-state index contributed by atoms with van der Waals surface area (Å²) in [6.45, 7) is 5.28. The second kappa shape index (κ2) is 4.91. The summed E-state index contributed by atoms with van der Waals surface area (Å²) in [6.07, 6.45) is 6.45. The Bertz CT molecular complexity index is 518. The van der Waals surface area contributed by atoms with Crippen LogP contribution in [0.5, 0.6) is 0 Å². The number of hydrogen-bond donors (Lipinski definition) is 1. The van der Waals surface area contributed by atoms with E-state index in [0.29, 0.717) is 0 Å². The number of benzene rings is 1. The smallest absolute Gasteiger partial charge is 0.0314 e. The first-order valence-electron chi connectivity index (χ1n) is 5.89. The summed E-state index contributed by atoms with van der Waals surface area (Å²) in [5.74, 6) is 0. The highest BCUT2D eigenvalue weighted by molar-refractivity contribution is 5.80. The van der Waals surface area contributed by atoms with Crippen molar-refractivity contribution >= 4 is 17.3 Å². The van der Waals surface area contributed by atoms with Crippen LogP contribution in [0.25, 0.3) is 11.6 Å². The maximum atomic E-state index is 5.67. The van der Waals surface area contributed by atoms with Gasteiger partial charge >= 0.3 is 0 Å². The standard InChI is InChI=1S/C15H18N2/c1-3-17-9-8-14(11-17)12(2)10-13-4-6-15(16)7-5-13/h4-11H,3,16H2,1-2H3/b12-10+. The fraction of sp³-hybridized carbons (Fsp3) is 0.200. The Morgan fingerprint density at radius 3 is 2.53 bits per heavy atom. The lowest BCUT2D eigenvalue weighted by atomic mass is 10.1. The van der Waals surface area contributed by atoms with Crippen LogP contribution in [0, 0.1) is 0 Å². The second-order valence-electron chi connectivity index (χ2n) is 4.22. The molecular weight excluding hydrogens is 208 g/mol. The molecule has 88 valence electrons. The van der Waals surface area contributed by atoms with Gasteiger partial charge < -0.3 is 10.3 Å². The van der Waals surface area contributed by atoms with Gasteiger partial charge in [0.25, 0.3) is 0 Å². The summed E-state index contributed by atoms with van der Waals surface area (Å²) in [6, 6.07) is 10.1. The van der Waals surface area contributed by atoms with Gasteiger partial charge in [-0.05, 0) is 48.7 Å². The zero-order valence-electron chi connectivity index (χ0n) is 10.4. The van der Waals surface area contributed by atoms with Crippen LogP contribution in [-0.4, -0.2) is 4.57 Å². The molecule has 0 atom stereocenters. The molecule has 0 unspecified atom stereocenters. The molecule has 2 N–H and O–H groups in total. The molecular formula is C15H18N2. The topological polar surface area (TPSA) is 30.9 Å². The number of nitrogen functional groups attached to an aromatic ring is 1. The molecule has 0 aliphatic carbocycles. The van der Waals surface area contributed by atoms with Crippen molar-refractivity contribution in [1.82, 2.24) is 4.57 Å². The van der Waals surface area contributed by atoms with E-state index in [1.54, 1.807) is 0 Å². The molecule has 17 heavy (non-hydrogen) atoms. The lowest BCUT2D eigenvalue weighted by Gasteiger charge is -2.00. The zero-order chi connectivity index (χ0) is 12.3. The first-order chi connectivity index (χ1) is 8.19. The van der Waals surface area contributed by atoms with Crippen LogP contribution in [0.1, 0.15) is 25.0 Å². The molecule has 1 heterocycles. The van der Waals surface area contributed by atoms with Gasteiger partial charge in [0, 0.05) is 24.6 Å². The Labute approximate surface area is 102 Å². The summed E-state index contributed by atoms with van der Waals surface area (Å²) >= 11 is 0. The van der Waals surface area contributed by atoms with Crippen LogP contribution in [-0.2, 0) is 6.54 Å². The molecule has 2 rings (SSSR count). The predicted molar refractivity (Wildman–Crippen MR) is 74.5 cm³/mol. The maximum absolute atomic E-state index is 5.67. The Morgan fingerprint density at radius 2 is 1.94 bits per heavy atom. The van der Waals surface area contributed by atoms with Crippen molar-refractivity contribution in [3.63, 3.8) is 0 Å². The van der Waals surface area contributed by atoms with Crippen molar-refractivity contribution in [2.75, 3.05) is 5.73 Å². The van der Waals surface area contributed by atoms with Crippen LogP contribution in [0.4, 0.5) is 5.69 Å². The summed E-state index contributed by atoms with van der Waals surface area (Å²) in [5.41, 5.74) is 10.2. The van der Waals surface area contributed by atoms with Gasteiger partial charge in [0.05, 0.1) is 0 Å². The lowest BCUT2D eigenvalue weighted by molar-refractivity contribution is 0.768. The first kappa shape index (κ1) is 11.5. The molecule has 2 nitrogen and oxygen atoms in total. The van der Waals surface area contributed by atoms with E-state index in [4.69, 9.17) is 5.73 Å². The molecule has 0 aliphatic rings. The second-order valence-corrected chi connectivity index (χ2v) is 4.22. The van der Waals surface area contributed by atoms with E-state index >= 15 is 0 Å². The molecule has 0 amide bonds. The van der Waals surface area contributed by atoms with Crippen LogP contribution in [0.2, 0.25) is 0 Å². The minimum atomic E-state index is 0.803. The third-order valence-corrected chi connectivity index (χ3v) is 2.89. The van der Waals surface area contributed by atoms with Gasteiger partial charge in [-0.2, -0.15) is 0 Å². The van der Waals surface area contributed by atoms with Crippen LogP contribution in [0.15, 0.2) is 42.7 Å². The number of nitrogens with two attached hydrogens (primary N) is 1. The van der Waals surface area contributed by atoms with Gasteiger partial charge in [0.15, 0.2) is 0 Å². The molecule has 1 aromatic carbocycles. The molecule has 0 saturated carbocycles. The van der Waals surface area contributed by atoms with E-state index in [-0.39, 0.29) is 0 Å². The molecule has 2 heteroatoms. The first-order valence-corrected chi connectivity index (χ1v) is 5.89. The molecule has 0 spiro atoms. The largest absolute Gasteiger partial charge is 0.399 e. The SMILES string of the molecule is CCn1ccc(/C(C)=C/c2ccc(N)cc2)c1. The fourth-order valence-corrected chi connectivity index (χ4v) is 1.80. The zero-order valence-corrected chi connectivity index (χ0v) is 10.4. The van der Waals surface area contributed by atoms with Gasteiger partial charge in [-0.15, -0.1) is 0 Å². The number of nitrogens with zero attached hydrogens (tertiary/aromatic N) is 1. The summed E-state index contributed by atoms with van der Waals surface area (Å²) in [4.78, 5) is 0. The van der Waals surface area contributed by atoms with E-state index in [1.807, 2.05) is 24.3 Å². The van der Waals surface area contributed by atoms with Gasteiger partial charge in [0.1, 0.15) is 0 Å². The highest BCUT2D eigenvalue weighted by atomic mass is 14.9. The van der Waals surface area contributed by atoms with Gasteiger partial charge in [0.2, 0.25) is 0 Å². The number of aromatic nitrogens is 1. The molecule has 0 bridgehead atoms. The van der Waals surface area contributed by atoms with Crippen molar-refractivity contribution in [3.8, 4) is 0 Å². The lowest BCUT2D eigenvalue weighted by Crippen LogP contribution is -1.87. The average molecular weight is 226 g/mol. The van der Waals surface area contributed by atoms with E-state index in [2.05, 4.69) is 43.0 Å². The molecule has 0 aliphatic heterocycles. The number of rotatable bonds is 3. The minimum Gasteiger partial charge on any atom is -0.399 e. The number of hydrogen-bond acceptors (Lipinski definition) is 1. The fourth-order valence-electron chi connectivity index (χ4n) is 1.80. The third-order valence-electron chi connectivity index (χ3n) is 2.89. The van der Waals surface area contributed by atoms with Crippen molar-refractivity contribution in [3.05, 3.63) is 53.9 Å². The van der Waals surface area contributed by atoms with Crippen LogP contribution < -0.4 is 5.73 Å². The average Bonchev–Trinajstić information content (AvgIpc) is 2.81. The van der Waals surface area contributed by atoms with E-state index in [1.165, 1.54) is 16.7 Å². The van der Waals surface area contributed by atoms with E-state index < -0.39 is 0 Å². The third kappa shape index (κ3) is 2.78. The van der Waals surface area contributed by atoms with Crippen LogP contribution in [0.3, 0.4) is 0 Å². The van der Waals surface area contributed by atoms with Gasteiger partial charge in [-0.25, -0.2) is 0 Å². The quantitative estimate of drug-likeness (QED) is 0.796. The summed E-state index contributed by atoms with van der Waals surface area (Å²) in [7, 11) is 0. The van der Waals surface area contributed by atoms with Crippen LogP contribution >= 0.6 is 0 Å². The number of aryl methyl sites for hydroxylation is 1. The van der Waals surface area contributed by atoms with Crippen molar-refractivity contribution in [2.45, 2.75) is 20.4 Å².